The van der Waals surface area contributed by atoms with E-state index in [0.29, 0.717) is 5.56 Å². The first-order valence-electron chi connectivity index (χ1n) is 9.36. The molecule has 0 aliphatic carbocycles. The Kier molecular flexibility index (Phi) is 5.88. The summed E-state index contributed by atoms with van der Waals surface area (Å²) in [6, 6.07) is 15.0. The van der Waals surface area contributed by atoms with E-state index >= 15 is 0 Å². The molecule has 3 rings (SSSR count). The predicted octanol–water partition coefficient (Wildman–Crippen LogP) is 3.08. The van der Waals surface area contributed by atoms with Crippen molar-refractivity contribution >= 4 is 27.4 Å². The number of hydrogen-bond acceptors (Lipinski definition) is 5. The number of sulfone groups is 1. The number of esters is 1. The molecule has 1 aliphatic rings. The highest BCUT2D eigenvalue weighted by Crippen LogP contribution is 2.39. The molecule has 1 aliphatic heterocycles. The summed E-state index contributed by atoms with van der Waals surface area (Å²) >= 11 is 0. The Hall–Kier alpha value is -2.93. The van der Waals surface area contributed by atoms with Gasteiger partial charge < -0.3 is 10.1 Å². The van der Waals surface area contributed by atoms with Gasteiger partial charge in [-0.1, -0.05) is 55.0 Å². The molecular weight excluding hydrogens is 390 g/mol. The number of nitrogens with one attached hydrogen (secondary N) is 1. The van der Waals surface area contributed by atoms with Gasteiger partial charge in [0.05, 0.1) is 28.0 Å². The van der Waals surface area contributed by atoms with Crippen LogP contribution in [0.25, 0.3) is 5.70 Å². The van der Waals surface area contributed by atoms with Crippen LogP contribution in [0.3, 0.4) is 0 Å². The number of rotatable bonds is 5. The third-order valence-corrected chi connectivity index (χ3v) is 6.84. The molecule has 2 aromatic rings. The van der Waals surface area contributed by atoms with Gasteiger partial charge in [0.25, 0.3) is 0 Å². The smallest absolute Gasteiger partial charge is 0.315 e. The Morgan fingerprint density at radius 1 is 1.07 bits per heavy atom. The van der Waals surface area contributed by atoms with Crippen molar-refractivity contribution in [1.82, 2.24) is 5.32 Å². The van der Waals surface area contributed by atoms with Gasteiger partial charge in [-0.05, 0) is 31.5 Å². The number of ether oxygens (including phenoxy) is 1. The fraction of sp³-hybridized carbons (Fsp3) is 0.273. The summed E-state index contributed by atoms with van der Waals surface area (Å²) in [5, 5.41) is 2.70. The standard InChI is InChI=1S/C22H23NO5S/c1-4-28-22(25)18-15(3)21(24)23-19(16-8-6-5-7-9-16)20(18)29(26,27)17-12-10-14(2)11-13-17/h5-13,15,18H,4H2,1-3H3,(H,23,24). The highest BCUT2D eigenvalue weighted by molar-refractivity contribution is 7.95. The summed E-state index contributed by atoms with van der Waals surface area (Å²) in [7, 11) is -4.08. The Morgan fingerprint density at radius 3 is 2.28 bits per heavy atom. The predicted molar refractivity (Wildman–Crippen MR) is 109 cm³/mol. The lowest BCUT2D eigenvalue weighted by Crippen LogP contribution is -2.44. The van der Waals surface area contributed by atoms with Gasteiger partial charge in [-0.2, -0.15) is 0 Å². The van der Waals surface area contributed by atoms with Crippen LogP contribution in [0.2, 0.25) is 0 Å². The van der Waals surface area contributed by atoms with Gasteiger partial charge in [0.15, 0.2) is 0 Å². The van der Waals surface area contributed by atoms with Gasteiger partial charge in [0, 0.05) is 0 Å². The first-order valence-corrected chi connectivity index (χ1v) is 10.8. The minimum Gasteiger partial charge on any atom is -0.465 e. The molecule has 1 heterocycles. The first-order chi connectivity index (χ1) is 13.8. The van der Waals surface area contributed by atoms with Gasteiger partial charge in [-0.3, -0.25) is 9.59 Å². The van der Waals surface area contributed by atoms with Gasteiger partial charge in [-0.25, -0.2) is 8.42 Å². The lowest BCUT2D eigenvalue weighted by atomic mass is 9.87. The molecule has 152 valence electrons. The molecule has 1 amide bonds. The first kappa shape index (κ1) is 20.8. The molecule has 0 aromatic heterocycles. The van der Waals surface area contributed by atoms with Crippen molar-refractivity contribution in [2.45, 2.75) is 25.7 Å². The molecule has 0 spiro atoms. The highest BCUT2D eigenvalue weighted by Gasteiger charge is 2.46. The molecule has 2 unspecified atom stereocenters. The molecule has 0 bridgehead atoms. The SMILES string of the molecule is CCOC(=O)C1C(S(=O)(=O)c2ccc(C)cc2)=C(c2ccccc2)NC(=O)C1C. The van der Waals surface area contributed by atoms with E-state index in [1.54, 1.807) is 49.4 Å². The average molecular weight is 413 g/mol. The van der Waals surface area contributed by atoms with Crippen molar-refractivity contribution in [3.63, 3.8) is 0 Å². The molecule has 0 saturated carbocycles. The topological polar surface area (TPSA) is 89.5 Å². The maximum absolute atomic E-state index is 13.6. The fourth-order valence-electron chi connectivity index (χ4n) is 3.34. The molecular formula is C22H23NO5S. The number of aryl methyl sites for hydroxylation is 1. The van der Waals surface area contributed by atoms with E-state index in [4.69, 9.17) is 4.74 Å². The van der Waals surface area contributed by atoms with E-state index in [1.807, 2.05) is 6.92 Å². The van der Waals surface area contributed by atoms with E-state index < -0.39 is 33.5 Å². The van der Waals surface area contributed by atoms with Crippen LogP contribution in [0.5, 0.6) is 0 Å². The van der Waals surface area contributed by atoms with Gasteiger partial charge in [0.2, 0.25) is 15.7 Å². The minimum atomic E-state index is -4.08. The summed E-state index contributed by atoms with van der Waals surface area (Å²) in [6.07, 6.45) is 0. The fourth-order valence-corrected chi connectivity index (χ4v) is 5.16. The molecule has 2 aromatic carbocycles. The zero-order chi connectivity index (χ0) is 21.2. The summed E-state index contributed by atoms with van der Waals surface area (Å²) in [4.78, 5) is 25.3. The molecule has 29 heavy (non-hydrogen) atoms. The van der Waals surface area contributed by atoms with Crippen molar-refractivity contribution in [3.8, 4) is 0 Å². The molecule has 0 saturated heterocycles. The van der Waals surface area contributed by atoms with Crippen LogP contribution in [0.15, 0.2) is 64.4 Å². The number of hydrogen-bond donors (Lipinski definition) is 1. The number of carbonyl (C=O) groups excluding carboxylic acids is 2. The molecule has 6 nitrogen and oxygen atoms in total. The summed E-state index contributed by atoms with van der Waals surface area (Å²) < 4.78 is 32.4. The summed E-state index contributed by atoms with van der Waals surface area (Å²) in [5.41, 5.74) is 1.54. The van der Waals surface area contributed by atoms with Crippen LogP contribution in [-0.4, -0.2) is 26.9 Å². The number of amides is 1. The third kappa shape index (κ3) is 3.96. The second kappa shape index (κ2) is 8.21. The lowest BCUT2D eigenvalue weighted by Gasteiger charge is -2.31. The van der Waals surface area contributed by atoms with Crippen LogP contribution in [-0.2, 0) is 24.2 Å². The minimum absolute atomic E-state index is 0.0594. The lowest BCUT2D eigenvalue weighted by molar-refractivity contribution is -0.150. The Balaban J connectivity index is 2.31. The zero-order valence-electron chi connectivity index (χ0n) is 16.5. The maximum Gasteiger partial charge on any atom is 0.315 e. The van der Waals surface area contributed by atoms with Gasteiger partial charge >= 0.3 is 5.97 Å². The Labute approximate surface area is 170 Å². The van der Waals surface area contributed by atoms with E-state index in [1.165, 1.54) is 19.1 Å². The van der Waals surface area contributed by atoms with E-state index in [-0.39, 0.29) is 22.1 Å². The van der Waals surface area contributed by atoms with Crippen LogP contribution in [0, 0.1) is 18.8 Å². The van der Waals surface area contributed by atoms with Crippen molar-refractivity contribution in [2.24, 2.45) is 11.8 Å². The average Bonchev–Trinajstić information content (AvgIpc) is 2.70. The largest absolute Gasteiger partial charge is 0.465 e. The van der Waals surface area contributed by atoms with Crippen LogP contribution in [0.4, 0.5) is 0 Å². The van der Waals surface area contributed by atoms with E-state index in [0.717, 1.165) is 5.56 Å². The van der Waals surface area contributed by atoms with Crippen molar-refractivity contribution < 1.29 is 22.7 Å². The highest BCUT2D eigenvalue weighted by atomic mass is 32.2. The van der Waals surface area contributed by atoms with Gasteiger partial charge in [0.1, 0.15) is 5.92 Å². The van der Waals surface area contributed by atoms with Crippen LogP contribution in [0.1, 0.15) is 25.0 Å². The number of benzene rings is 2. The second-order valence-electron chi connectivity index (χ2n) is 6.93. The normalized spacial score (nSPS) is 19.6. The van der Waals surface area contributed by atoms with Gasteiger partial charge in [-0.15, -0.1) is 0 Å². The Bertz CT molecular complexity index is 1060. The third-order valence-electron chi connectivity index (χ3n) is 4.91. The quantitative estimate of drug-likeness (QED) is 0.761. The molecule has 0 radical (unpaired) electrons. The monoisotopic (exact) mass is 413 g/mol. The molecule has 7 heteroatoms. The number of carbonyl (C=O) groups is 2. The molecule has 0 fully saturated rings. The summed E-state index contributed by atoms with van der Waals surface area (Å²) in [5.74, 6) is -3.28. The van der Waals surface area contributed by atoms with Crippen LogP contribution < -0.4 is 5.32 Å². The zero-order valence-corrected chi connectivity index (χ0v) is 17.3. The van der Waals surface area contributed by atoms with Crippen molar-refractivity contribution in [2.75, 3.05) is 6.61 Å². The van der Waals surface area contributed by atoms with E-state index in [9.17, 15) is 18.0 Å². The maximum atomic E-state index is 13.6. The van der Waals surface area contributed by atoms with Crippen molar-refractivity contribution in [3.05, 3.63) is 70.6 Å². The molecule has 2 atom stereocenters. The molecule has 1 N–H and O–H groups in total. The van der Waals surface area contributed by atoms with Crippen molar-refractivity contribution in [1.29, 1.82) is 0 Å². The Morgan fingerprint density at radius 2 is 1.69 bits per heavy atom. The summed E-state index contributed by atoms with van der Waals surface area (Å²) in [6.45, 7) is 5.11. The van der Waals surface area contributed by atoms with E-state index in [2.05, 4.69) is 5.32 Å². The second-order valence-corrected chi connectivity index (χ2v) is 8.85. The van der Waals surface area contributed by atoms with Crippen LogP contribution >= 0.6 is 0 Å².